The van der Waals surface area contributed by atoms with E-state index in [-0.39, 0.29) is 5.91 Å². The molecule has 0 aromatic heterocycles. The van der Waals surface area contributed by atoms with Gasteiger partial charge in [-0.2, -0.15) is 0 Å². The molecular formula is C19H24N2O3. The smallest absolute Gasteiger partial charge is 0.255 e. The topological polar surface area (TPSA) is 59.6 Å². The fraction of sp³-hybridized carbons (Fsp3) is 0.316. The molecular weight excluding hydrogens is 304 g/mol. The minimum absolute atomic E-state index is 0.180. The van der Waals surface area contributed by atoms with Crippen molar-refractivity contribution in [2.75, 3.05) is 25.6 Å². The maximum atomic E-state index is 12.5. The van der Waals surface area contributed by atoms with Crippen LogP contribution in [0.15, 0.2) is 42.5 Å². The maximum absolute atomic E-state index is 12.5. The average Bonchev–Trinajstić information content (AvgIpc) is 2.57. The maximum Gasteiger partial charge on any atom is 0.255 e. The standard InChI is InChI=1S/C19H24N2O3/c1-4-23-17-10-9-15(12-18(17)24-5-2)19(22)21-16-8-6-7-14(11-16)13-20-3/h6-12,20H,4-5,13H2,1-3H3,(H,21,22). The molecule has 0 spiro atoms. The van der Waals surface area contributed by atoms with Gasteiger partial charge in [-0.15, -0.1) is 0 Å². The SMILES string of the molecule is CCOc1ccc(C(=O)Nc2cccc(CNC)c2)cc1OCC. The van der Waals surface area contributed by atoms with E-state index in [1.54, 1.807) is 18.2 Å². The minimum Gasteiger partial charge on any atom is -0.490 e. The van der Waals surface area contributed by atoms with E-state index >= 15 is 0 Å². The largest absolute Gasteiger partial charge is 0.490 e. The highest BCUT2D eigenvalue weighted by molar-refractivity contribution is 6.04. The molecule has 0 aliphatic rings. The van der Waals surface area contributed by atoms with Crippen LogP contribution in [-0.4, -0.2) is 26.2 Å². The molecule has 1 amide bonds. The van der Waals surface area contributed by atoms with Crippen LogP contribution in [-0.2, 0) is 6.54 Å². The molecule has 2 aromatic rings. The lowest BCUT2D eigenvalue weighted by atomic mass is 10.1. The molecule has 0 unspecified atom stereocenters. The zero-order valence-corrected chi connectivity index (χ0v) is 14.4. The van der Waals surface area contributed by atoms with Crippen LogP contribution >= 0.6 is 0 Å². The van der Waals surface area contributed by atoms with E-state index < -0.39 is 0 Å². The van der Waals surface area contributed by atoms with Gasteiger partial charge in [-0.1, -0.05) is 12.1 Å². The summed E-state index contributed by atoms with van der Waals surface area (Å²) < 4.78 is 11.1. The summed E-state index contributed by atoms with van der Waals surface area (Å²) in [5.41, 5.74) is 2.40. The molecule has 2 rings (SSSR count). The predicted octanol–water partition coefficient (Wildman–Crippen LogP) is 3.46. The Bertz CT molecular complexity index is 686. The summed E-state index contributed by atoms with van der Waals surface area (Å²) in [4.78, 5) is 12.5. The first-order valence-electron chi connectivity index (χ1n) is 8.12. The molecule has 0 aliphatic carbocycles. The lowest BCUT2D eigenvalue weighted by Gasteiger charge is -2.13. The second-order valence-electron chi connectivity index (χ2n) is 5.21. The van der Waals surface area contributed by atoms with E-state index in [0.29, 0.717) is 30.3 Å². The quantitative estimate of drug-likeness (QED) is 0.779. The average molecular weight is 328 g/mol. The number of anilines is 1. The predicted molar refractivity (Wildman–Crippen MR) is 95.9 cm³/mol. The molecule has 24 heavy (non-hydrogen) atoms. The Labute approximate surface area is 143 Å². The summed E-state index contributed by atoms with van der Waals surface area (Å²) in [6, 6.07) is 13.0. The number of amides is 1. The van der Waals surface area contributed by atoms with Crippen LogP contribution < -0.4 is 20.1 Å². The van der Waals surface area contributed by atoms with Gasteiger partial charge in [-0.05, 0) is 56.8 Å². The summed E-state index contributed by atoms with van der Waals surface area (Å²) in [5, 5.41) is 6.01. The normalized spacial score (nSPS) is 10.3. The third-order valence-electron chi connectivity index (χ3n) is 3.37. The van der Waals surface area contributed by atoms with E-state index in [1.807, 2.05) is 45.2 Å². The van der Waals surface area contributed by atoms with Gasteiger partial charge >= 0.3 is 0 Å². The zero-order valence-electron chi connectivity index (χ0n) is 14.4. The van der Waals surface area contributed by atoms with E-state index in [1.165, 1.54) is 0 Å². The van der Waals surface area contributed by atoms with Crippen molar-refractivity contribution in [3.05, 3.63) is 53.6 Å². The molecule has 0 saturated carbocycles. The molecule has 0 bridgehead atoms. The van der Waals surface area contributed by atoms with Gasteiger partial charge in [0.05, 0.1) is 13.2 Å². The van der Waals surface area contributed by atoms with Gasteiger partial charge in [0.15, 0.2) is 11.5 Å². The van der Waals surface area contributed by atoms with Crippen LogP contribution in [0.25, 0.3) is 0 Å². The first-order chi connectivity index (χ1) is 11.7. The van der Waals surface area contributed by atoms with Gasteiger partial charge in [0.25, 0.3) is 5.91 Å². The van der Waals surface area contributed by atoms with Gasteiger partial charge in [0, 0.05) is 17.8 Å². The highest BCUT2D eigenvalue weighted by Crippen LogP contribution is 2.29. The van der Waals surface area contributed by atoms with Crippen molar-refractivity contribution in [1.29, 1.82) is 0 Å². The number of nitrogens with one attached hydrogen (secondary N) is 2. The van der Waals surface area contributed by atoms with Crippen molar-refractivity contribution in [2.45, 2.75) is 20.4 Å². The lowest BCUT2D eigenvalue weighted by molar-refractivity contribution is 0.102. The van der Waals surface area contributed by atoms with E-state index in [9.17, 15) is 4.79 Å². The molecule has 2 N–H and O–H groups in total. The van der Waals surface area contributed by atoms with Gasteiger partial charge in [0.2, 0.25) is 0 Å². The first-order valence-corrected chi connectivity index (χ1v) is 8.12. The number of ether oxygens (including phenoxy) is 2. The highest BCUT2D eigenvalue weighted by atomic mass is 16.5. The molecule has 0 radical (unpaired) electrons. The molecule has 0 aliphatic heterocycles. The Morgan fingerprint density at radius 1 is 1.00 bits per heavy atom. The Morgan fingerprint density at radius 2 is 1.75 bits per heavy atom. The molecule has 2 aromatic carbocycles. The second-order valence-corrected chi connectivity index (χ2v) is 5.21. The van der Waals surface area contributed by atoms with Gasteiger partial charge in [0.1, 0.15) is 0 Å². The Kier molecular flexibility index (Phi) is 6.63. The molecule has 0 fully saturated rings. The summed E-state index contributed by atoms with van der Waals surface area (Å²) in [7, 11) is 1.89. The number of hydrogen-bond acceptors (Lipinski definition) is 4. The fourth-order valence-corrected chi connectivity index (χ4v) is 2.36. The molecule has 0 saturated heterocycles. The summed E-state index contributed by atoms with van der Waals surface area (Å²) >= 11 is 0. The van der Waals surface area contributed by atoms with E-state index in [0.717, 1.165) is 17.8 Å². The molecule has 5 heteroatoms. The van der Waals surface area contributed by atoms with Crippen LogP contribution in [0.4, 0.5) is 5.69 Å². The van der Waals surface area contributed by atoms with Crippen LogP contribution in [0, 0.1) is 0 Å². The van der Waals surface area contributed by atoms with Crippen LogP contribution in [0.1, 0.15) is 29.8 Å². The van der Waals surface area contributed by atoms with Crippen LogP contribution in [0.5, 0.6) is 11.5 Å². The minimum atomic E-state index is -0.180. The molecule has 128 valence electrons. The van der Waals surface area contributed by atoms with Crippen molar-refractivity contribution >= 4 is 11.6 Å². The molecule has 0 heterocycles. The van der Waals surface area contributed by atoms with Crippen LogP contribution in [0.2, 0.25) is 0 Å². The van der Waals surface area contributed by atoms with E-state index in [2.05, 4.69) is 10.6 Å². The summed E-state index contributed by atoms with van der Waals surface area (Å²) in [6.07, 6.45) is 0. The number of rotatable bonds is 8. The first kappa shape index (κ1) is 17.8. The number of benzene rings is 2. The number of carbonyl (C=O) groups excluding carboxylic acids is 1. The van der Waals surface area contributed by atoms with Crippen molar-refractivity contribution in [1.82, 2.24) is 5.32 Å². The Hall–Kier alpha value is -2.53. The van der Waals surface area contributed by atoms with Crippen LogP contribution in [0.3, 0.4) is 0 Å². The zero-order chi connectivity index (χ0) is 17.4. The summed E-state index contributed by atoms with van der Waals surface area (Å²) in [5.74, 6) is 1.04. The van der Waals surface area contributed by atoms with Crippen molar-refractivity contribution in [2.24, 2.45) is 0 Å². The number of hydrogen-bond donors (Lipinski definition) is 2. The monoisotopic (exact) mass is 328 g/mol. The fourth-order valence-electron chi connectivity index (χ4n) is 2.36. The highest BCUT2D eigenvalue weighted by Gasteiger charge is 2.12. The van der Waals surface area contributed by atoms with E-state index in [4.69, 9.17) is 9.47 Å². The van der Waals surface area contributed by atoms with Gasteiger partial charge < -0.3 is 20.1 Å². The lowest BCUT2D eigenvalue weighted by Crippen LogP contribution is -2.13. The third-order valence-corrected chi connectivity index (χ3v) is 3.37. The number of carbonyl (C=O) groups is 1. The van der Waals surface area contributed by atoms with Crippen molar-refractivity contribution in [3.63, 3.8) is 0 Å². The Balaban J connectivity index is 2.17. The van der Waals surface area contributed by atoms with Gasteiger partial charge in [-0.3, -0.25) is 4.79 Å². The van der Waals surface area contributed by atoms with Crippen molar-refractivity contribution in [3.8, 4) is 11.5 Å². The Morgan fingerprint density at radius 3 is 2.46 bits per heavy atom. The summed E-state index contributed by atoms with van der Waals surface area (Å²) in [6.45, 7) is 5.62. The van der Waals surface area contributed by atoms with Gasteiger partial charge in [-0.25, -0.2) is 0 Å². The third kappa shape index (κ3) is 4.73. The molecule has 0 atom stereocenters. The molecule has 5 nitrogen and oxygen atoms in total. The van der Waals surface area contributed by atoms with Crippen molar-refractivity contribution < 1.29 is 14.3 Å². The second kappa shape index (κ2) is 8.93.